The average molecular weight is 380 g/mol. The van der Waals surface area contributed by atoms with Crippen LogP contribution in [-0.4, -0.2) is 52.5 Å². The van der Waals surface area contributed by atoms with Crippen molar-refractivity contribution in [3.63, 3.8) is 0 Å². The van der Waals surface area contributed by atoms with E-state index in [-0.39, 0.29) is 23.9 Å². The highest BCUT2D eigenvalue weighted by atomic mass is 16.3. The van der Waals surface area contributed by atoms with Crippen LogP contribution in [-0.2, 0) is 0 Å². The zero-order valence-electron chi connectivity index (χ0n) is 16.6. The minimum absolute atomic E-state index is 0.123. The molecule has 0 unspecified atom stereocenters. The molecule has 5 heteroatoms. The molecule has 2 N–H and O–H groups in total. The van der Waals surface area contributed by atoms with Crippen molar-refractivity contribution in [2.24, 2.45) is 0 Å². The van der Waals surface area contributed by atoms with Gasteiger partial charge in [0, 0.05) is 37.3 Å². The van der Waals surface area contributed by atoms with E-state index in [1.165, 1.54) is 0 Å². The second-order valence-electron chi connectivity index (χ2n) is 7.47. The van der Waals surface area contributed by atoms with Crippen LogP contribution in [0.3, 0.4) is 0 Å². The molecular weight excluding hydrogens is 350 g/mol. The maximum absolute atomic E-state index is 12.9. The summed E-state index contributed by atoms with van der Waals surface area (Å²) in [5.41, 5.74) is 1.50. The van der Waals surface area contributed by atoms with Crippen LogP contribution in [0.1, 0.15) is 35.9 Å². The highest BCUT2D eigenvalue weighted by Gasteiger charge is 2.34. The monoisotopic (exact) mass is 379 g/mol. The van der Waals surface area contributed by atoms with E-state index in [1.54, 1.807) is 12.1 Å². The Labute approximate surface area is 167 Å². The van der Waals surface area contributed by atoms with Crippen molar-refractivity contribution in [1.29, 1.82) is 0 Å². The van der Waals surface area contributed by atoms with E-state index >= 15 is 0 Å². The molecule has 1 amide bonds. The van der Waals surface area contributed by atoms with Gasteiger partial charge in [-0.2, -0.15) is 0 Å². The van der Waals surface area contributed by atoms with Gasteiger partial charge in [0.25, 0.3) is 5.91 Å². The van der Waals surface area contributed by atoms with E-state index in [1.807, 2.05) is 48.5 Å². The minimum Gasteiger partial charge on any atom is -0.508 e. The molecule has 1 fully saturated rings. The highest BCUT2D eigenvalue weighted by molar-refractivity contribution is 5.94. The first kappa shape index (κ1) is 20.1. The molecule has 1 aliphatic rings. The molecule has 0 radical (unpaired) electrons. The van der Waals surface area contributed by atoms with Gasteiger partial charge in [-0.3, -0.25) is 14.6 Å². The number of phenols is 1. The third-order valence-electron chi connectivity index (χ3n) is 5.35. The van der Waals surface area contributed by atoms with Crippen LogP contribution < -0.4 is 5.32 Å². The first-order valence-electron chi connectivity index (χ1n) is 9.75. The van der Waals surface area contributed by atoms with E-state index in [0.29, 0.717) is 11.6 Å². The Kier molecular flexibility index (Phi) is 6.49. The summed E-state index contributed by atoms with van der Waals surface area (Å²) in [5.74, 6) is 0.0739. The summed E-state index contributed by atoms with van der Waals surface area (Å²) in [7, 11) is 0. The van der Waals surface area contributed by atoms with Crippen LogP contribution in [0.4, 0.5) is 0 Å². The number of nitrogens with zero attached hydrogens (tertiary/aromatic N) is 2. The molecule has 1 aliphatic heterocycles. The van der Waals surface area contributed by atoms with Gasteiger partial charge in [0.1, 0.15) is 11.9 Å². The molecule has 0 aromatic heterocycles. The molecule has 1 saturated heterocycles. The minimum atomic E-state index is -0.317. The van der Waals surface area contributed by atoms with Gasteiger partial charge in [-0.05, 0) is 43.7 Å². The fraction of sp³-hybridized carbons (Fsp3) is 0.348. The lowest BCUT2D eigenvalue weighted by Crippen LogP contribution is -2.59. The lowest BCUT2D eigenvalue weighted by molar-refractivity contribution is 0.00964. The molecule has 0 aliphatic carbocycles. The van der Waals surface area contributed by atoms with Gasteiger partial charge in [0.2, 0.25) is 0 Å². The van der Waals surface area contributed by atoms with Crippen molar-refractivity contribution in [1.82, 2.24) is 15.1 Å². The number of hydrogen-bond acceptors (Lipinski definition) is 4. The van der Waals surface area contributed by atoms with Crippen molar-refractivity contribution < 1.29 is 9.90 Å². The highest BCUT2D eigenvalue weighted by Crippen LogP contribution is 2.28. The van der Waals surface area contributed by atoms with Gasteiger partial charge in [-0.15, -0.1) is 6.58 Å². The van der Waals surface area contributed by atoms with Crippen LogP contribution in [0.15, 0.2) is 67.3 Å². The molecule has 0 bridgehead atoms. The Balaban J connectivity index is 1.88. The number of rotatable bonds is 6. The van der Waals surface area contributed by atoms with E-state index in [4.69, 9.17) is 0 Å². The standard InChI is InChI=1S/C23H29N3O2/c1-4-13-25-15-18(3)26(16-17(25)2)22(20-11-8-12-21(27)14-20)24-23(28)19-9-6-5-7-10-19/h4-12,14,17-18,22,27H,1,13,15-16H2,2-3H3,(H,24,28)/t17-,18-,22+/m0/s1. The second-order valence-corrected chi connectivity index (χ2v) is 7.47. The molecule has 2 aromatic carbocycles. The van der Waals surface area contributed by atoms with E-state index < -0.39 is 0 Å². The maximum atomic E-state index is 12.9. The van der Waals surface area contributed by atoms with Crippen molar-refractivity contribution in [3.8, 4) is 5.75 Å². The third-order valence-corrected chi connectivity index (χ3v) is 5.35. The largest absolute Gasteiger partial charge is 0.508 e. The number of phenolic OH excluding ortho intramolecular Hbond substituents is 1. The molecule has 5 nitrogen and oxygen atoms in total. The molecule has 3 rings (SSSR count). The van der Waals surface area contributed by atoms with Crippen molar-refractivity contribution in [2.45, 2.75) is 32.1 Å². The predicted octanol–water partition coefficient (Wildman–Crippen LogP) is 3.40. The van der Waals surface area contributed by atoms with Crippen molar-refractivity contribution in [2.75, 3.05) is 19.6 Å². The van der Waals surface area contributed by atoms with Crippen LogP contribution >= 0.6 is 0 Å². The summed E-state index contributed by atoms with van der Waals surface area (Å²) in [6, 6.07) is 16.9. The predicted molar refractivity (Wildman–Crippen MR) is 112 cm³/mol. The van der Waals surface area contributed by atoms with Crippen LogP contribution in [0.5, 0.6) is 5.75 Å². The Hall–Kier alpha value is -2.63. The molecule has 1 heterocycles. The number of piperazine rings is 1. The molecule has 3 atom stereocenters. The summed E-state index contributed by atoms with van der Waals surface area (Å²) >= 11 is 0. The molecule has 0 spiro atoms. The summed E-state index contributed by atoms with van der Waals surface area (Å²) in [6.45, 7) is 10.8. The number of benzene rings is 2. The van der Waals surface area contributed by atoms with Gasteiger partial charge in [0.05, 0.1) is 0 Å². The van der Waals surface area contributed by atoms with Gasteiger partial charge < -0.3 is 10.4 Å². The Bertz CT molecular complexity index is 809. The Morgan fingerprint density at radius 2 is 1.93 bits per heavy atom. The van der Waals surface area contributed by atoms with E-state index in [2.05, 4.69) is 35.5 Å². The van der Waals surface area contributed by atoms with Crippen LogP contribution in [0.25, 0.3) is 0 Å². The smallest absolute Gasteiger partial charge is 0.252 e. The van der Waals surface area contributed by atoms with E-state index in [0.717, 1.165) is 25.2 Å². The number of nitrogens with one attached hydrogen (secondary N) is 1. The van der Waals surface area contributed by atoms with Gasteiger partial charge in [-0.25, -0.2) is 0 Å². The van der Waals surface area contributed by atoms with Crippen LogP contribution in [0.2, 0.25) is 0 Å². The topological polar surface area (TPSA) is 55.8 Å². The van der Waals surface area contributed by atoms with Gasteiger partial charge >= 0.3 is 0 Å². The quantitative estimate of drug-likeness (QED) is 0.756. The first-order valence-corrected chi connectivity index (χ1v) is 9.75. The SMILES string of the molecule is C=CCN1C[C@H](C)N([C@@H](NC(=O)c2ccccc2)c2cccc(O)c2)C[C@@H]1C. The second kappa shape index (κ2) is 9.04. The van der Waals surface area contributed by atoms with Crippen LogP contribution in [0, 0.1) is 0 Å². The number of aromatic hydroxyl groups is 1. The molecule has 28 heavy (non-hydrogen) atoms. The number of carbonyl (C=O) groups excluding carboxylic acids is 1. The zero-order valence-corrected chi connectivity index (χ0v) is 16.6. The summed E-state index contributed by atoms with van der Waals surface area (Å²) < 4.78 is 0. The Morgan fingerprint density at radius 1 is 1.18 bits per heavy atom. The molecule has 0 saturated carbocycles. The lowest BCUT2D eigenvalue weighted by Gasteiger charge is -2.47. The summed E-state index contributed by atoms with van der Waals surface area (Å²) in [4.78, 5) is 17.6. The lowest BCUT2D eigenvalue weighted by atomic mass is 10.0. The maximum Gasteiger partial charge on any atom is 0.252 e. The van der Waals surface area contributed by atoms with Gasteiger partial charge in [0.15, 0.2) is 0 Å². The summed E-state index contributed by atoms with van der Waals surface area (Å²) in [5, 5.41) is 13.2. The average Bonchev–Trinajstić information content (AvgIpc) is 2.69. The molecule has 148 valence electrons. The molecule has 2 aromatic rings. The first-order chi connectivity index (χ1) is 13.5. The van der Waals surface area contributed by atoms with E-state index in [9.17, 15) is 9.90 Å². The third kappa shape index (κ3) is 4.61. The molecular formula is C23H29N3O2. The fourth-order valence-electron chi connectivity index (χ4n) is 3.85. The number of carbonyl (C=O) groups is 1. The number of hydrogen-bond donors (Lipinski definition) is 2. The summed E-state index contributed by atoms with van der Waals surface area (Å²) in [6.07, 6.45) is 1.62. The van der Waals surface area contributed by atoms with Gasteiger partial charge in [-0.1, -0.05) is 36.4 Å². The van der Waals surface area contributed by atoms with Crippen molar-refractivity contribution in [3.05, 3.63) is 78.4 Å². The van der Waals surface area contributed by atoms with Crippen molar-refractivity contribution >= 4 is 5.91 Å². The Morgan fingerprint density at radius 3 is 2.61 bits per heavy atom. The fourth-order valence-corrected chi connectivity index (χ4v) is 3.85. The zero-order chi connectivity index (χ0) is 20.1. The normalized spacial score (nSPS) is 21.8. The number of amides is 1.